The van der Waals surface area contributed by atoms with E-state index in [0.717, 1.165) is 16.6 Å². The van der Waals surface area contributed by atoms with Crippen molar-refractivity contribution in [2.45, 2.75) is 19.4 Å². The minimum Gasteiger partial charge on any atom is -0.507 e. The van der Waals surface area contributed by atoms with Gasteiger partial charge in [-0.3, -0.25) is 9.59 Å². The van der Waals surface area contributed by atoms with Crippen LogP contribution in [0, 0.1) is 0 Å². The van der Waals surface area contributed by atoms with E-state index in [0.29, 0.717) is 30.9 Å². The monoisotopic (exact) mass is 486 g/mol. The van der Waals surface area contributed by atoms with Gasteiger partial charge in [0.2, 0.25) is 0 Å². The molecule has 1 fully saturated rings. The normalized spacial score (nSPS) is 18.1. The third-order valence-electron chi connectivity index (χ3n) is 5.17. The molecule has 0 aromatic heterocycles. The van der Waals surface area contributed by atoms with Gasteiger partial charge in [0.25, 0.3) is 11.7 Å². The SMILES string of the molecule is CCOc1ccc(C2/C(=C(/O)c3ccc(Br)cc3)C(=O)C(=O)N2CCCN(C)C)cc1. The van der Waals surface area contributed by atoms with Crippen LogP contribution >= 0.6 is 15.9 Å². The molecule has 2 aromatic carbocycles. The largest absolute Gasteiger partial charge is 0.507 e. The van der Waals surface area contributed by atoms with Crippen LogP contribution in [-0.4, -0.2) is 60.4 Å². The average Bonchev–Trinajstić information content (AvgIpc) is 2.99. The molecule has 0 bridgehead atoms. The van der Waals surface area contributed by atoms with Gasteiger partial charge in [0.05, 0.1) is 18.2 Å². The summed E-state index contributed by atoms with van der Waals surface area (Å²) >= 11 is 3.37. The molecule has 7 heteroatoms. The summed E-state index contributed by atoms with van der Waals surface area (Å²) in [4.78, 5) is 29.5. The summed E-state index contributed by atoms with van der Waals surface area (Å²) in [7, 11) is 3.93. The van der Waals surface area contributed by atoms with Crippen LogP contribution in [0.2, 0.25) is 0 Å². The van der Waals surface area contributed by atoms with Crippen molar-refractivity contribution < 1.29 is 19.4 Å². The number of nitrogens with zero attached hydrogens (tertiary/aromatic N) is 2. The lowest BCUT2D eigenvalue weighted by molar-refractivity contribution is -0.139. The lowest BCUT2D eigenvalue weighted by Gasteiger charge is -2.26. The number of hydrogen-bond donors (Lipinski definition) is 1. The third-order valence-corrected chi connectivity index (χ3v) is 5.70. The Morgan fingerprint density at radius 1 is 1.10 bits per heavy atom. The van der Waals surface area contributed by atoms with Gasteiger partial charge in [-0.25, -0.2) is 0 Å². The summed E-state index contributed by atoms with van der Waals surface area (Å²) in [6.45, 7) is 3.65. The van der Waals surface area contributed by atoms with E-state index in [9.17, 15) is 14.7 Å². The predicted octanol–water partition coefficient (Wildman–Crippen LogP) is 4.22. The van der Waals surface area contributed by atoms with E-state index in [-0.39, 0.29) is 11.3 Å². The number of likely N-dealkylation sites (tertiary alicyclic amines) is 1. The van der Waals surface area contributed by atoms with Crippen LogP contribution in [0.25, 0.3) is 5.76 Å². The summed E-state index contributed by atoms with van der Waals surface area (Å²) in [5, 5.41) is 11.0. The van der Waals surface area contributed by atoms with E-state index in [4.69, 9.17) is 4.74 Å². The molecule has 2 aromatic rings. The van der Waals surface area contributed by atoms with Gasteiger partial charge in [0.1, 0.15) is 11.5 Å². The summed E-state index contributed by atoms with van der Waals surface area (Å²) in [5.74, 6) is -0.705. The number of aliphatic hydroxyl groups excluding tert-OH is 1. The van der Waals surface area contributed by atoms with Crippen LogP contribution in [-0.2, 0) is 9.59 Å². The standard InChI is InChI=1S/C24H27BrN2O4/c1-4-31-19-12-8-16(9-13-19)21-20(22(28)17-6-10-18(25)11-7-17)23(29)24(30)27(21)15-5-14-26(2)3/h6-13,21,28H,4-5,14-15H2,1-3H3/b22-20-. The van der Waals surface area contributed by atoms with Gasteiger partial charge >= 0.3 is 0 Å². The highest BCUT2D eigenvalue weighted by molar-refractivity contribution is 9.10. The van der Waals surface area contributed by atoms with Gasteiger partial charge in [0, 0.05) is 16.6 Å². The first-order valence-corrected chi connectivity index (χ1v) is 11.0. The molecule has 0 saturated carbocycles. The zero-order valence-corrected chi connectivity index (χ0v) is 19.6. The van der Waals surface area contributed by atoms with Crippen LogP contribution in [0.1, 0.15) is 30.5 Å². The molecule has 164 valence electrons. The molecule has 1 aliphatic heterocycles. The molecule has 1 saturated heterocycles. The molecule has 0 spiro atoms. The fraction of sp³-hybridized carbons (Fsp3) is 0.333. The fourth-order valence-electron chi connectivity index (χ4n) is 3.69. The van der Waals surface area contributed by atoms with E-state index in [1.165, 1.54) is 0 Å². The van der Waals surface area contributed by atoms with E-state index < -0.39 is 17.7 Å². The van der Waals surface area contributed by atoms with Crippen LogP contribution in [0.15, 0.2) is 58.6 Å². The Morgan fingerprint density at radius 2 is 1.74 bits per heavy atom. The molecule has 31 heavy (non-hydrogen) atoms. The van der Waals surface area contributed by atoms with Gasteiger partial charge < -0.3 is 19.6 Å². The first-order valence-electron chi connectivity index (χ1n) is 10.2. The van der Waals surface area contributed by atoms with Crippen molar-refractivity contribution in [1.29, 1.82) is 0 Å². The molecule has 3 rings (SSSR count). The smallest absolute Gasteiger partial charge is 0.295 e. The van der Waals surface area contributed by atoms with Gasteiger partial charge in [-0.2, -0.15) is 0 Å². The van der Waals surface area contributed by atoms with Gasteiger partial charge in [-0.05, 0) is 63.8 Å². The molecule has 1 amide bonds. The number of hydrogen-bond acceptors (Lipinski definition) is 5. The minimum absolute atomic E-state index is 0.112. The highest BCUT2D eigenvalue weighted by Gasteiger charge is 2.45. The molecule has 1 aliphatic rings. The molecular weight excluding hydrogens is 460 g/mol. The second-order valence-electron chi connectivity index (χ2n) is 7.66. The lowest BCUT2D eigenvalue weighted by atomic mass is 9.95. The maximum atomic E-state index is 13.0. The van der Waals surface area contributed by atoms with Gasteiger partial charge in [0.15, 0.2) is 0 Å². The Hall–Kier alpha value is -2.64. The van der Waals surface area contributed by atoms with Crippen LogP contribution in [0.3, 0.4) is 0 Å². The topological polar surface area (TPSA) is 70.1 Å². The van der Waals surface area contributed by atoms with Crippen LogP contribution < -0.4 is 4.74 Å². The maximum absolute atomic E-state index is 13.0. The van der Waals surface area contributed by atoms with Crippen molar-refractivity contribution in [3.63, 3.8) is 0 Å². The number of ketones is 1. The number of rotatable bonds is 8. The number of carbonyl (C=O) groups excluding carboxylic acids is 2. The van der Waals surface area contributed by atoms with E-state index in [1.807, 2.05) is 50.2 Å². The number of benzene rings is 2. The Labute approximate surface area is 191 Å². The van der Waals surface area contributed by atoms with Crippen LogP contribution in [0.5, 0.6) is 5.75 Å². The Morgan fingerprint density at radius 3 is 2.32 bits per heavy atom. The second-order valence-corrected chi connectivity index (χ2v) is 8.57. The van der Waals surface area contributed by atoms with E-state index >= 15 is 0 Å². The van der Waals surface area contributed by atoms with E-state index in [2.05, 4.69) is 15.9 Å². The molecule has 0 radical (unpaired) electrons. The highest BCUT2D eigenvalue weighted by atomic mass is 79.9. The molecule has 1 heterocycles. The van der Waals surface area contributed by atoms with Crippen molar-refractivity contribution >= 4 is 33.4 Å². The Balaban J connectivity index is 2.05. The van der Waals surface area contributed by atoms with Crippen molar-refractivity contribution in [3.8, 4) is 5.75 Å². The molecular formula is C24H27BrN2O4. The van der Waals surface area contributed by atoms with Crippen molar-refractivity contribution in [2.75, 3.05) is 33.8 Å². The van der Waals surface area contributed by atoms with Gasteiger partial charge in [-0.15, -0.1) is 0 Å². The zero-order chi connectivity index (χ0) is 22.5. The second kappa shape index (κ2) is 10.1. The summed E-state index contributed by atoms with van der Waals surface area (Å²) in [5.41, 5.74) is 1.36. The number of Topliss-reactive ketones (excluding diaryl/α,β-unsaturated/α-hetero) is 1. The molecule has 1 unspecified atom stereocenters. The number of carbonyl (C=O) groups is 2. The lowest BCUT2D eigenvalue weighted by Crippen LogP contribution is -2.32. The van der Waals surface area contributed by atoms with Crippen molar-refractivity contribution in [3.05, 3.63) is 69.7 Å². The maximum Gasteiger partial charge on any atom is 0.295 e. The highest BCUT2D eigenvalue weighted by Crippen LogP contribution is 2.40. The van der Waals surface area contributed by atoms with Gasteiger partial charge in [-0.1, -0.05) is 40.2 Å². The van der Waals surface area contributed by atoms with Crippen molar-refractivity contribution in [2.24, 2.45) is 0 Å². The zero-order valence-electron chi connectivity index (χ0n) is 18.0. The van der Waals surface area contributed by atoms with E-state index in [1.54, 1.807) is 29.2 Å². The Kier molecular flexibility index (Phi) is 7.51. The number of halogens is 1. The molecule has 0 aliphatic carbocycles. The summed E-state index contributed by atoms with van der Waals surface area (Å²) in [6.07, 6.45) is 0.714. The quantitative estimate of drug-likeness (QED) is 0.343. The summed E-state index contributed by atoms with van der Waals surface area (Å²) < 4.78 is 6.38. The predicted molar refractivity (Wildman–Crippen MR) is 124 cm³/mol. The molecule has 1 N–H and O–H groups in total. The third kappa shape index (κ3) is 5.17. The summed E-state index contributed by atoms with van der Waals surface area (Å²) in [6, 6.07) is 13.7. The first-order chi connectivity index (χ1) is 14.8. The number of amides is 1. The Bertz CT molecular complexity index is 968. The first kappa shape index (κ1) is 23.0. The van der Waals surface area contributed by atoms with Crippen molar-refractivity contribution in [1.82, 2.24) is 9.80 Å². The number of ether oxygens (including phenoxy) is 1. The molecule has 6 nitrogen and oxygen atoms in total. The van der Waals surface area contributed by atoms with Crippen LogP contribution in [0.4, 0.5) is 0 Å². The fourth-order valence-corrected chi connectivity index (χ4v) is 3.96. The number of aliphatic hydroxyl groups is 1. The average molecular weight is 487 g/mol. The minimum atomic E-state index is -0.663. The molecule has 1 atom stereocenters.